The third-order valence-corrected chi connectivity index (χ3v) is 7.71. The minimum Gasteiger partial charge on any atom is -0.486 e. The zero-order chi connectivity index (χ0) is 24.6. The van der Waals surface area contributed by atoms with Crippen molar-refractivity contribution in [2.75, 3.05) is 39.4 Å². The number of hydrogen-bond acceptors (Lipinski definition) is 8. The van der Waals surface area contributed by atoms with Crippen LogP contribution in [0, 0.1) is 10.1 Å². The maximum Gasteiger partial charge on any atom is 0.274 e. The maximum atomic E-state index is 13.1. The molecule has 3 aromatic rings. The largest absolute Gasteiger partial charge is 0.486 e. The lowest BCUT2D eigenvalue weighted by Gasteiger charge is -2.33. The number of non-ortho nitro benzene ring substituents is 1. The Morgan fingerprint density at radius 3 is 2.31 bits per heavy atom. The number of nitro groups is 1. The second-order valence-corrected chi connectivity index (χ2v) is 9.86. The molecule has 0 saturated carbocycles. The van der Waals surface area contributed by atoms with Crippen molar-refractivity contribution >= 4 is 21.6 Å². The van der Waals surface area contributed by atoms with Crippen LogP contribution in [-0.2, 0) is 10.0 Å². The smallest absolute Gasteiger partial charge is 0.274 e. The minimum absolute atomic E-state index is 0.0405. The van der Waals surface area contributed by atoms with Crippen molar-refractivity contribution in [2.45, 2.75) is 4.90 Å². The zero-order valence-corrected chi connectivity index (χ0v) is 19.3. The first-order valence-corrected chi connectivity index (χ1v) is 12.3. The number of hydrogen-bond donors (Lipinski definition) is 0. The predicted molar refractivity (Wildman–Crippen MR) is 122 cm³/mol. The lowest BCUT2D eigenvalue weighted by atomic mass is 10.3. The van der Waals surface area contributed by atoms with Gasteiger partial charge in [0.25, 0.3) is 11.6 Å². The van der Waals surface area contributed by atoms with Crippen LogP contribution < -0.4 is 9.47 Å². The number of carbonyl (C=O) groups excluding carboxylic acids is 1. The number of piperazine rings is 1. The number of amides is 1. The number of benzene rings is 2. The summed E-state index contributed by atoms with van der Waals surface area (Å²) >= 11 is 0. The second kappa shape index (κ2) is 9.00. The van der Waals surface area contributed by atoms with Crippen molar-refractivity contribution in [3.63, 3.8) is 0 Å². The van der Waals surface area contributed by atoms with Crippen LogP contribution in [0.15, 0.2) is 59.6 Å². The van der Waals surface area contributed by atoms with Crippen LogP contribution in [0.3, 0.4) is 0 Å². The van der Waals surface area contributed by atoms with Gasteiger partial charge in [-0.3, -0.25) is 14.9 Å². The summed E-state index contributed by atoms with van der Waals surface area (Å²) in [6.45, 7) is 1.50. The van der Waals surface area contributed by atoms with E-state index in [1.165, 1.54) is 33.3 Å². The number of aromatic nitrogens is 2. The van der Waals surface area contributed by atoms with Gasteiger partial charge in [-0.15, -0.1) is 0 Å². The Morgan fingerprint density at radius 2 is 1.63 bits per heavy atom. The van der Waals surface area contributed by atoms with Gasteiger partial charge in [-0.25, -0.2) is 13.1 Å². The van der Waals surface area contributed by atoms with Crippen molar-refractivity contribution in [1.82, 2.24) is 19.0 Å². The molecule has 2 aromatic carbocycles. The highest BCUT2D eigenvalue weighted by Crippen LogP contribution is 2.33. The van der Waals surface area contributed by atoms with Crippen LogP contribution in [0.1, 0.15) is 10.5 Å². The van der Waals surface area contributed by atoms with Gasteiger partial charge in [0.05, 0.1) is 15.5 Å². The molecule has 13 heteroatoms. The van der Waals surface area contributed by atoms with Gasteiger partial charge in [0, 0.05) is 50.6 Å². The molecule has 1 aromatic heterocycles. The first-order chi connectivity index (χ1) is 16.8. The van der Waals surface area contributed by atoms with Crippen LogP contribution in [0.5, 0.6) is 11.5 Å². The average Bonchev–Trinajstić information content (AvgIpc) is 3.38. The topological polar surface area (TPSA) is 137 Å². The zero-order valence-electron chi connectivity index (χ0n) is 18.4. The van der Waals surface area contributed by atoms with Gasteiger partial charge in [0.2, 0.25) is 10.0 Å². The van der Waals surface area contributed by atoms with Gasteiger partial charge in [-0.2, -0.15) is 9.40 Å². The van der Waals surface area contributed by atoms with E-state index in [-0.39, 0.29) is 48.4 Å². The number of carbonyl (C=O) groups is 1. The van der Waals surface area contributed by atoms with E-state index in [1.54, 1.807) is 35.4 Å². The molecule has 0 radical (unpaired) electrons. The fourth-order valence-electron chi connectivity index (χ4n) is 3.94. The average molecular weight is 500 g/mol. The molecule has 0 unspecified atom stereocenters. The first-order valence-electron chi connectivity index (χ1n) is 10.8. The van der Waals surface area contributed by atoms with Crippen LogP contribution in [0.4, 0.5) is 5.69 Å². The molecule has 12 nitrogen and oxygen atoms in total. The van der Waals surface area contributed by atoms with Crippen molar-refractivity contribution < 1.29 is 27.6 Å². The molecule has 182 valence electrons. The van der Waals surface area contributed by atoms with E-state index in [2.05, 4.69) is 5.10 Å². The van der Waals surface area contributed by atoms with Crippen molar-refractivity contribution in [1.29, 1.82) is 0 Å². The molecule has 5 rings (SSSR count). The van der Waals surface area contributed by atoms with Gasteiger partial charge in [-0.1, -0.05) is 0 Å². The van der Waals surface area contributed by atoms with E-state index in [0.29, 0.717) is 30.4 Å². The predicted octanol–water partition coefficient (Wildman–Crippen LogP) is 1.70. The van der Waals surface area contributed by atoms with Crippen LogP contribution >= 0.6 is 0 Å². The van der Waals surface area contributed by atoms with Gasteiger partial charge in [-0.05, 0) is 30.3 Å². The van der Waals surface area contributed by atoms with Gasteiger partial charge < -0.3 is 14.4 Å². The Labute approximate surface area is 200 Å². The molecule has 2 aliphatic rings. The van der Waals surface area contributed by atoms with Crippen molar-refractivity contribution in [2.24, 2.45) is 0 Å². The van der Waals surface area contributed by atoms with E-state index in [1.807, 2.05) is 0 Å². The fourth-order valence-corrected chi connectivity index (χ4v) is 5.37. The second-order valence-electron chi connectivity index (χ2n) is 7.92. The first kappa shape index (κ1) is 22.8. The highest BCUT2D eigenvalue weighted by molar-refractivity contribution is 7.89. The lowest BCUT2D eigenvalue weighted by Crippen LogP contribution is -2.50. The van der Waals surface area contributed by atoms with Gasteiger partial charge in [0.1, 0.15) is 13.2 Å². The molecule has 3 heterocycles. The van der Waals surface area contributed by atoms with Crippen LogP contribution in [-0.4, -0.2) is 77.6 Å². The molecular weight excluding hydrogens is 478 g/mol. The molecule has 0 N–H and O–H groups in total. The fraction of sp³-hybridized carbons (Fsp3) is 0.273. The van der Waals surface area contributed by atoms with Crippen molar-refractivity contribution in [3.05, 3.63) is 70.5 Å². The number of sulfonamides is 1. The molecule has 0 bridgehead atoms. The molecule has 1 amide bonds. The maximum absolute atomic E-state index is 13.1. The third-order valence-electron chi connectivity index (χ3n) is 5.81. The summed E-state index contributed by atoms with van der Waals surface area (Å²) in [5, 5.41) is 15.1. The number of rotatable bonds is 5. The highest BCUT2D eigenvalue weighted by atomic mass is 32.2. The van der Waals surface area contributed by atoms with E-state index in [0.717, 1.165) is 0 Å². The minimum atomic E-state index is -3.76. The summed E-state index contributed by atoms with van der Waals surface area (Å²) in [5.41, 5.74) is 0.734. The van der Waals surface area contributed by atoms with Crippen molar-refractivity contribution in [3.8, 4) is 17.2 Å². The Morgan fingerprint density at radius 1 is 0.943 bits per heavy atom. The number of ether oxygens (including phenoxy) is 2. The van der Waals surface area contributed by atoms with Crippen LogP contribution in [0.2, 0.25) is 0 Å². The third kappa shape index (κ3) is 4.42. The van der Waals surface area contributed by atoms with Crippen LogP contribution in [0.25, 0.3) is 5.69 Å². The molecular formula is C22H21N5O7S. The molecule has 0 spiro atoms. The Kier molecular flexibility index (Phi) is 5.86. The highest BCUT2D eigenvalue weighted by Gasteiger charge is 2.32. The summed E-state index contributed by atoms with van der Waals surface area (Å²) < 4.78 is 40.0. The Bertz CT molecular complexity index is 1380. The molecule has 0 atom stereocenters. The summed E-state index contributed by atoms with van der Waals surface area (Å²) in [6.07, 6.45) is 1.59. The lowest BCUT2D eigenvalue weighted by molar-refractivity contribution is -0.384. The van der Waals surface area contributed by atoms with E-state index in [4.69, 9.17) is 9.47 Å². The van der Waals surface area contributed by atoms with Gasteiger partial charge >= 0.3 is 0 Å². The van der Waals surface area contributed by atoms with E-state index < -0.39 is 14.9 Å². The number of fused-ring (bicyclic) bond motifs is 1. The van der Waals surface area contributed by atoms with Gasteiger partial charge in [0.15, 0.2) is 17.2 Å². The quantitative estimate of drug-likeness (QED) is 0.382. The number of nitrogens with zero attached hydrogens (tertiary/aromatic N) is 5. The molecule has 1 saturated heterocycles. The molecule has 2 aliphatic heterocycles. The monoisotopic (exact) mass is 499 g/mol. The summed E-state index contributed by atoms with van der Waals surface area (Å²) in [7, 11) is -3.76. The summed E-state index contributed by atoms with van der Waals surface area (Å²) in [6, 6.07) is 11.9. The normalized spacial score (nSPS) is 16.2. The molecule has 35 heavy (non-hydrogen) atoms. The summed E-state index contributed by atoms with van der Waals surface area (Å²) in [4.78, 5) is 24.9. The Balaban J connectivity index is 1.24. The molecule has 1 fully saturated rings. The Hall–Kier alpha value is -3.97. The molecule has 0 aliphatic carbocycles. The summed E-state index contributed by atoms with van der Waals surface area (Å²) in [5.74, 6) is 0.593. The number of nitro benzene ring substituents is 1. The van der Waals surface area contributed by atoms with E-state index >= 15 is 0 Å². The SMILES string of the molecule is O=C(c1ccn(-c2ccc([N+](=O)[O-])cc2)n1)N1CCN(S(=O)(=O)c2ccc3c(c2)OCCO3)CC1. The van der Waals surface area contributed by atoms with E-state index in [9.17, 15) is 23.3 Å². The standard InChI is InChI=1S/C22H21N5O7S/c28-22(19-7-8-26(23-19)16-1-3-17(4-2-16)27(29)30)24-9-11-25(12-10-24)35(31,32)18-5-6-20-21(15-18)34-14-13-33-20/h1-8,15H,9-14H2.